The molecule has 0 N–H and O–H groups in total. The summed E-state index contributed by atoms with van der Waals surface area (Å²) >= 11 is 8.71. The summed E-state index contributed by atoms with van der Waals surface area (Å²) in [6.07, 6.45) is 1.74. The van der Waals surface area contributed by atoms with Crippen molar-refractivity contribution < 1.29 is 13.6 Å². The van der Waals surface area contributed by atoms with Crippen LogP contribution in [0.1, 0.15) is 30.1 Å². The Morgan fingerprint density at radius 2 is 2.00 bits per heavy atom. The van der Waals surface area contributed by atoms with Crippen LogP contribution in [0.15, 0.2) is 12.1 Å². The van der Waals surface area contributed by atoms with Gasteiger partial charge in [-0.2, -0.15) is 0 Å². The number of hydrogen-bond donors (Lipinski definition) is 0. The van der Waals surface area contributed by atoms with Crippen LogP contribution in [0.3, 0.4) is 0 Å². The van der Waals surface area contributed by atoms with E-state index in [-0.39, 0.29) is 10.6 Å². The minimum Gasteiger partial charge on any atom is -0.338 e. The number of rotatable bonds is 6. The molecule has 0 saturated carbocycles. The maximum atomic E-state index is 13.7. The van der Waals surface area contributed by atoms with Crippen LogP contribution in [-0.4, -0.2) is 29.2 Å². The van der Waals surface area contributed by atoms with Crippen LogP contribution in [-0.2, 0) is 0 Å². The highest BCUT2D eigenvalue weighted by atomic mass is 79.9. The fourth-order valence-electron chi connectivity index (χ4n) is 1.62. The Morgan fingerprint density at radius 1 is 1.32 bits per heavy atom. The Labute approximate surface area is 124 Å². The van der Waals surface area contributed by atoms with Crippen molar-refractivity contribution in [2.75, 3.05) is 18.4 Å². The SMILES string of the molecule is CCCCN(CCBr)C(=O)c1cc(F)c(Cl)cc1F. The number of alkyl halides is 1. The van der Waals surface area contributed by atoms with E-state index in [0.29, 0.717) is 18.4 Å². The molecule has 19 heavy (non-hydrogen) atoms. The Balaban J connectivity index is 2.98. The lowest BCUT2D eigenvalue weighted by atomic mass is 10.1. The molecule has 0 radical (unpaired) electrons. The van der Waals surface area contributed by atoms with Crippen LogP contribution >= 0.6 is 27.5 Å². The second kappa shape index (κ2) is 7.80. The molecular formula is C13H15BrClF2NO. The lowest BCUT2D eigenvalue weighted by Gasteiger charge is -2.22. The van der Waals surface area contributed by atoms with E-state index in [1.54, 1.807) is 0 Å². The second-order valence-corrected chi connectivity index (χ2v) is 5.28. The zero-order chi connectivity index (χ0) is 14.4. The largest absolute Gasteiger partial charge is 0.338 e. The van der Waals surface area contributed by atoms with Gasteiger partial charge in [-0.25, -0.2) is 8.78 Å². The molecule has 0 aromatic heterocycles. The highest BCUT2D eigenvalue weighted by Gasteiger charge is 2.20. The zero-order valence-electron chi connectivity index (χ0n) is 10.6. The van der Waals surface area contributed by atoms with Gasteiger partial charge in [-0.1, -0.05) is 40.9 Å². The molecule has 0 saturated heterocycles. The van der Waals surface area contributed by atoms with E-state index in [1.807, 2.05) is 6.92 Å². The van der Waals surface area contributed by atoms with Crippen LogP contribution in [0.4, 0.5) is 8.78 Å². The van der Waals surface area contributed by atoms with Crippen molar-refractivity contribution in [1.82, 2.24) is 4.90 Å². The number of halogens is 4. The summed E-state index contributed by atoms with van der Waals surface area (Å²) in [5, 5.41) is 0.259. The van der Waals surface area contributed by atoms with Gasteiger partial charge in [0.2, 0.25) is 0 Å². The van der Waals surface area contributed by atoms with Gasteiger partial charge in [-0.05, 0) is 18.6 Å². The van der Waals surface area contributed by atoms with E-state index in [1.165, 1.54) is 4.90 Å². The molecular weight excluding hydrogens is 340 g/mol. The molecule has 1 aromatic carbocycles. The summed E-state index contributed by atoms with van der Waals surface area (Å²) in [6, 6.07) is 1.68. The van der Waals surface area contributed by atoms with Gasteiger partial charge in [0.15, 0.2) is 0 Å². The van der Waals surface area contributed by atoms with Crippen LogP contribution < -0.4 is 0 Å². The highest BCUT2D eigenvalue weighted by molar-refractivity contribution is 9.09. The van der Waals surface area contributed by atoms with Crippen molar-refractivity contribution in [1.29, 1.82) is 0 Å². The van der Waals surface area contributed by atoms with Crippen LogP contribution in [0, 0.1) is 11.6 Å². The molecule has 0 heterocycles. The molecule has 0 aliphatic carbocycles. The topological polar surface area (TPSA) is 20.3 Å². The van der Waals surface area contributed by atoms with Gasteiger partial charge in [-0.3, -0.25) is 4.79 Å². The number of unbranched alkanes of at least 4 members (excludes halogenated alkanes) is 1. The second-order valence-electron chi connectivity index (χ2n) is 4.08. The van der Waals surface area contributed by atoms with E-state index in [4.69, 9.17) is 11.6 Å². The fourth-order valence-corrected chi connectivity index (χ4v) is 2.20. The Kier molecular flexibility index (Phi) is 6.72. The van der Waals surface area contributed by atoms with Crippen LogP contribution in [0.25, 0.3) is 0 Å². The smallest absolute Gasteiger partial charge is 0.256 e. The van der Waals surface area contributed by atoms with Gasteiger partial charge in [-0.15, -0.1) is 0 Å². The first kappa shape index (κ1) is 16.4. The van der Waals surface area contributed by atoms with Gasteiger partial charge in [0.05, 0.1) is 10.6 Å². The molecule has 1 amide bonds. The molecule has 0 spiro atoms. The minimum absolute atomic E-state index is 0.279. The average molecular weight is 355 g/mol. The van der Waals surface area contributed by atoms with Crippen molar-refractivity contribution in [2.24, 2.45) is 0 Å². The molecule has 0 fully saturated rings. The number of hydrogen-bond acceptors (Lipinski definition) is 1. The van der Waals surface area contributed by atoms with Crippen molar-refractivity contribution in [2.45, 2.75) is 19.8 Å². The Bertz CT molecular complexity index is 457. The number of benzene rings is 1. The standard InChI is InChI=1S/C13H15BrClF2NO/c1-2-3-5-18(6-4-14)13(19)9-7-12(17)10(15)8-11(9)16/h7-8H,2-6H2,1H3. The Morgan fingerprint density at radius 3 is 2.58 bits per heavy atom. The molecule has 0 aliphatic rings. The summed E-state index contributed by atoms with van der Waals surface area (Å²) in [7, 11) is 0. The van der Waals surface area contributed by atoms with Crippen LogP contribution in [0.5, 0.6) is 0 Å². The third-order valence-electron chi connectivity index (χ3n) is 2.66. The summed E-state index contributed by atoms with van der Waals surface area (Å²) < 4.78 is 27.0. The molecule has 0 unspecified atom stereocenters. The zero-order valence-corrected chi connectivity index (χ0v) is 12.9. The van der Waals surface area contributed by atoms with Gasteiger partial charge in [0.1, 0.15) is 11.6 Å². The van der Waals surface area contributed by atoms with Crippen molar-refractivity contribution >= 4 is 33.4 Å². The minimum atomic E-state index is -0.799. The first-order valence-electron chi connectivity index (χ1n) is 6.01. The third kappa shape index (κ3) is 4.42. The highest BCUT2D eigenvalue weighted by Crippen LogP contribution is 2.20. The Hall–Kier alpha value is -0.680. The molecule has 6 heteroatoms. The van der Waals surface area contributed by atoms with Gasteiger partial charge >= 0.3 is 0 Å². The third-order valence-corrected chi connectivity index (χ3v) is 3.31. The van der Waals surface area contributed by atoms with Gasteiger partial charge < -0.3 is 4.90 Å². The molecule has 1 aromatic rings. The van der Waals surface area contributed by atoms with E-state index < -0.39 is 17.5 Å². The van der Waals surface area contributed by atoms with E-state index >= 15 is 0 Å². The van der Waals surface area contributed by atoms with Crippen molar-refractivity contribution in [3.63, 3.8) is 0 Å². The normalized spacial score (nSPS) is 10.6. The van der Waals surface area contributed by atoms with E-state index in [9.17, 15) is 13.6 Å². The summed E-state index contributed by atoms with van der Waals surface area (Å²) in [6.45, 7) is 2.96. The lowest BCUT2D eigenvalue weighted by molar-refractivity contribution is 0.0759. The molecule has 0 bridgehead atoms. The van der Waals surface area contributed by atoms with Gasteiger partial charge in [0, 0.05) is 18.4 Å². The number of nitrogens with zero attached hydrogens (tertiary/aromatic N) is 1. The summed E-state index contributed by atoms with van der Waals surface area (Å²) in [4.78, 5) is 13.7. The van der Waals surface area contributed by atoms with E-state index in [2.05, 4.69) is 15.9 Å². The number of amides is 1. The lowest BCUT2D eigenvalue weighted by Crippen LogP contribution is -2.34. The van der Waals surface area contributed by atoms with Crippen molar-refractivity contribution in [3.8, 4) is 0 Å². The molecule has 2 nitrogen and oxygen atoms in total. The molecule has 0 aliphatic heterocycles. The fraction of sp³-hybridized carbons (Fsp3) is 0.462. The van der Waals surface area contributed by atoms with E-state index in [0.717, 1.165) is 25.0 Å². The van der Waals surface area contributed by atoms with Crippen molar-refractivity contribution in [3.05, 3.63) is 34.4 Å². The maximum Gasteiger partial charge on any atom is 0.256 e. The van der Waals surface area contributed by atoms with Crippen LogP contribution in [0.2, 0.25) is 5.02 Å². The average Bonchev–Trinajstić information content (AvgIpc) is 2.38. The monoisotopic (exact) mass is 353 g/mol. The number of carbonyl (C=O) groups is 1. The summed E-state index contributed by atoms with van der Waals surface area (Å²) in [5.74, 6) is -2.10. The number of carbonyl (C=O) groups excluding carboxylic acids is 1. The first-order chi connectivity index (χ1) is 9.01. The predicted octanol–water partition coefficient (Wildman–Crippen LogP) is 4.26. The maximum absolute atomic E-state index is 13.7. The summed E-state index contributed by atoms with van der Waals surface area (Å²) in [5.41, 5.74) is -0.279. The predicted molar refractivity (Wildman–Crippen MR) is 76.0 cm³/mol. The van der Waals surface area contributed by atoms with Gasteiger partial charge in [0.25, 0.3) is 5.91 Å². The molecule has 1 rings (SSSR count). The quantitative estimate of drug-likeness (QED) is 0.552. The molecule has 106 valence electrons. The first-order valence-corrected chi connectivity index (χ1v) is 7.51. The molecule has 0 atom stereocenters.